The van der Waals surface area contributed by atoms with Gasteiger partial charge in [-0.15, -0.1) is 11.3 Å². The van der Waals surface area contributed by atoms with Crippen molar-refractivity contribution >= 4 is 17.2 Å². The molecular weight excluding hydrogens is 194 g/mol. The summed E-state index contributed by atoms with van der Waals surface area (Å²) < 4.78 is 0. The number of fused-ring (bicyclic) bond motifs is 1. The van der Waals surface area contributed by atoms with Crippen LogP contribution in [0.15, 0.2) is 24.5 Å². The third-order valence-corrected chi connectivity index (χ3v) is 3.41. The molecule has 4 heteroatoms. The van der Waals surface area contributed by atoms with E-state index in [4.69, 9.17) is 0 Å². The van der Waals surface area contributed by atoms with Crippen LogP contribution < -0.4 is 5.32 Å². The van der Waals surface area contributed by atoms with Crippen molar-refractivity contribution in [2.24, 2.45) is 0 Å². The molecule has 0 saturated heterocycles. The molecule has 0 aliphatic carbocycles. The van der Waals surface area contributed by atoms with Gasteiger partial charge in [0.25, 0.3) is 0 Å². The highest BCUT2D eigenvalue weighted by atomic mass is 32.1. The Hall–Kier alpha value is -1.42. The first-order chi connectivity index (χ1) is 6.93. The minimum atomic E-state index is 1.03. The number of anilines is 1. The maximum absolute atomic E-state index is 4.53. The predicted molar refractivity (Wildman–Crippen MR) is 57.5 cm³/mol. The maximum atomic E-state index is 4.53. The van der Waals surface area contributed by atoms with Crippen LogP contribution in [0.1, 0.15) is 4.88 Å². The Kier molecular flexibility index (Phi) is 1.73. The molecule has 0 saturated carbocycles. The van der Waals surface area contributed by atoms with E-state index in [-0.39, 0.29) is 0 Å². The van der Waals surface area contributed by atoms with Crippen LogP contribution in [0.2, 0.25) is 0 Å². The molecule has 1 N–H and O–H groups in total. The first-order valence-corrected chi connectivity index (χ1v) is 5.39. The zero-order chi connectivity index (χ0) is 9.38. The van der Waals surface area contributed by atoms with Crippen molar-refractivity contribution in [3.63, 3.8) is 0 Å². The number of nitrogens with one attached hydrogen (secondary N) is 1. The fraction of sp³-hybridized carbons (Fsp3) is 0.200. The van der Waals surface area contributed by atoms with Crippen LogP contribution in [0.4, 0.5) is 5.82 Å². The lowest BCUT2D eigenvalue weighted by Crippen LogP contribution is -1.93. The number of thiazole rings is 1. The van der Waals surface area contributed by atoms with Crippen molar-refractivity contribution in [3.05, 3.63) is 29.4 Å². The molecule has 0 unspecified atom stereocenters. The Labute approximate surface area is 85.8 Å². The van der Waals surface area contributed by atoms with Crippen LogP contribution in [0.25, 0.3) is 10.6 Å². The normalized spacial score (nSPS) is 13.7. The average Bonchev–Trinajstić information content (AvgIpc) is 2.78. The summed E-state index contributed by atoms with van der Waals surface area (Å²) in [5.74, 6) is 1.06. The second-order valence-corrected chi connectivity index (χ2v) is 4.29. The van der Waals surface area contributed by atoms with Gasteiger partial charge >= 0.3 is 0 Å². The van der Waals surface area contributed by atoms with Crippen LogP contribution in [0.5, 0.6) is 0 Å². The summed E-state index contributed by atoms with van der Waals surface area (Å²) >= 11 is 1.76. The van der Waals surface area contributed by atoms with Gasteiger partial charge in [-0.1, -0.05) is 0 Å². The van der Waals surface area contributed by atoms with Gasteiger partial charge in [0.2, 0.25) is 0 Å². The highest BCUT2D eigenvalue weighted by Gasteiger charge is 2.16. The third-order valence-electron chi connectivity index (χ3n) is 2.25. The zero-order valence-corrected chi connectivity index (χ0v) is 8.34. The van der Waals surface area contributed by atoms with Gasteiger partial charge < -0.3 is 5.32 Å². The molecule has 70 valence electrons. The van der Waals surface area contributed by atoms with Crippen LogP contribution in [0.3, 0.4) is 0 Å². The molecule has 3 nitrogen and oxygen atoms in total. The van der Waals surface area contributed by atoms with E-state index in [0.717, 1.165) is 29.4 Å². The van der Waals surface area contributed by atoms with Gasteiger partial charge in [-0.2, -0.15) is 0 Å². The maximum Gasteiger partial charge on any atom is 0.141 e. The van der Waals surface area contributed by atoms with Crippen LogP contribution >= 0.6 is 11.3 Å². The van der Waals surface area contributed by atoms with Gasteiger partial charge in [-0.05, 0) is 12.1 Å². The zero-order valence-electron chi connectivity index (χ0n) is 7.53. The molecule has 14 heavy (non-hydrogen) atoms. The number of rotatable bonds is 1. The van der Waals surface area contributed by atoms with Crippen LogP contribution in [0, 0.1) is 0 Å². The number of hydrogen-bond donors (Lipinski definition) is 1. The summed E-state index contributed by atoms with van der Waals surface area (Å²) in [6, 6.07) is 3.98. The molecule has 0 radical (unpaired) electrons. The standard InChI is InChI=1S/C10H9N3S/c1-2-7(6-11-4-1)10-13-9-8(14-10)3-5-12-9/h1-2,4,6,12H,3,5H2. The molecule has 0 spiro atoms. The summed E-state index contributed by atoms with van der Waals surface area (Å²) in [6.07, 6.45) is 4.74. The fourth-order valence-corrected chi connectivity index (χ4v) is 2.59. The largest absolute Gasteiger partial charge is 0.369 e. The Morgan fingerprint density at radius 1 is 1.43 bits per heavy atom. The topological polar surface area (TPSA) is 37.8 Å². The average molecular weight is 203 g/mol. The van der Waals surface area contributed by atoms with Crippen molar-refractivity contribution in [1.82, 2.24) is 9.97 Å². The van der Waals surface area contributed by atoms with Gasteiger partial charge in [0.15, 0.2) is 0 Å². The highest BCUT2D eigenvalue weighted by Crippen LogP contribution is 2.33. The SMILES string of the molecule is c1cncc(-c2nc3c(s2)CCN3)c1. The quantitative estimate of drug-likeness (QED) is 0.772. The Morgan fingerprint density at radius 2 is 2.43 bits per heavy atom. The molecule has 2 aromatic heterocycles. The van der Waals surface area contributed by atoms with E-state index in [1.165, 1.54) is 4.88 Å². The van der Waals surface area contributed by atoms with E-state index in [1.54, 1.807) is 17.5 Å². The van der Waals surface area contributed by atoms with Crippen molar-refractivity contribution in [3.8, 4) is 10.6 Å². The highest BCUT2D eigenvalue weighted by molar-refractivity contribution is 7.15. The lowest BCUT2D eigenvalue weighted by molar-refractivity contribution is 1.12. The molecule has 3 heterocycles. The smallest absolute Gasteiger partial charge is 0.141 e. The lowest BCUT2D eigenvalue weighted by Gasteiger charge is -1.94. The molecule has 0 bridgehead atoms. The molecule has 0 aromatic carbocycles. The second-order valence-electron chi connectivity index (χ2n) is 3.21. The van der Waals surface area contributed by atoms with E-state index in [0.29, 0.717) is 0 Å². The number of pyridine rings is 1. The Morgan fingerprint density at radius 3 is 3.21 bits per heavy atom. The monoisotopic (exact) mass is 203 g/mol. The first-order valence-electron chi connectivity index (χ1n) is 4.57. The molecule has 1 aliphatic rings. The van der Waals surface area contributed by atoms with E-state index in [2.05, 4.69) is 15.3 Å². The van der Waals surface area contributed by atoms with Gasteiger partial charge in [0.05, 0.1) is 4.88 Å². The summed E-state index contributed by atoms with van der Waals surface area (Å²) in [5.41, 5.74) is 1.11. The second kappa shape index (κ2) is 3.06. The van der Waals surface area contributed by atoms with Crippen molar-refractivity contribution in [1.29, 1.82) is 0 Å². The first kappa shape index (κ1) is 7.94. The Balaban J connectivity index is 2.06. The van der Waals surface area contributed by atoms with Gasteiger partial charge in [-0.25, -0.2) is 4.98 Å². The number of aromatic nitrogens is 2. The Bertz CT molecular complexity index is 428. The van der Waals surface area contributed by atoms with Crippen LogP contribution in [-0.4, -0.2) is 16.5 Å². The van der Waals surface area contributed by atoms with Crippen LogP contribution in [-0.2, 0) is 6.42 Å². The summed E-state index contributed by atoms with van der Waals surface area (Å²) in [6.45, 7) is 1.03. The van der Waals surface area contributed by atoms with E-state index < -0.39 is 0 Å². The third kappa shape index (κ3) is 1.19. The molecule has 1 aliphatic heterocycles. The van der Waals surface area contributed by atoms with Crippen molar-refractivity contribution in [2.75, 3.05) is 11.9 Å². The molecule has 0 amide bonds. The van der Waals surface area contributed by atoms with Crippen molar-refractivity contribution in [2.45, 2.75) is 6.42 Å². The minimum Gasteiger partial charge on any atom is -0.369 e. The predicted octanol–water partition coefficient (Wildman–Crippen LogP) is 2.17. The molecule has 3 rings (SSSR count). The fourth-order valence-electron chi connectivity index (χ4n) is 1.57. The number of nitrogens with zero attached hydrogens (tertiary/aromatic N) is 2. The molecule has 0 atom stereocenters. The van der Waals surface area contributed by atoms with E-state index in [1.807, 2.05) is 18.3 Å². The van der Waals surface area contributed by atoms with Gasteiger partial charge in [0, 0.05) is 30.9 Å². The summed E-state index contributed by atoms with van der Waals surface area (Å²) in [5, 5.41) is 4.33. The molecule has 0 fully saturated rings. The van der Waals surface area contributed by atoms with Gasteiger partial charge in [-0.3, -0.25) is 4.98 Å². The lowest BCUT2D eigenvalue weighted by atomic mass is 10.3. The number of hydrogen-bond acceptors (Lipinski definition) is 4. The summed E-state index contributed by atoms with van der Waals surface area (Å²) in [4.78, 5) is 9.98. The molecular formula is C10H9N3S. The van der Waals surface area contributed by atoms with E-state index >= 15 is 0 Å². The minimum absolute atomic E-state index is 1.03. The van der Waals surface area contributed by atoms with Crippen molar-refractivity contribution < 1.29 is 0 Å². The molecule has 2 aromatic rings. The summed E-state index contributed by atoms with van der Waals surface area (Å²) in [7, 11) is 0. The van der Waals surface area contributed by atoms with E-state index in [9.17, 15) is 0 Å². The van der Waals surface area contributed by atoms with Gasteiger partial charge in [0.1, 0.15) is 10.8 Å².